The predicted molar refractivity (Wildman–Crippen MR) is 68.1 cm³/mol. The van der Waals surface area contributed by atoms with Gasteiger partial charge in [0.2, 0.25) is 0 Å². The lowest BCUT2D eigenvalue weighted by atomic mass is 10.0. The summed E-state index contributed by atoms with van der Waals surface area (Å²) in [6, 6.07) is 6.06. The molecule has 0 aliphatic rings. The van der Waals surface area contributed by atoms with E-state index < -0.39 is 6.10 Å². The highest BCUT2D eigenvalue weighted by Gasteiger charge is 2.11. The fourth-order valence-electron chi connectivity index (χ4n) is 1.83. The molecule has 0 fully saturated rings. The van der Waals surface area contributed by atoms with Crippen LogP contribution < -0.4 is 0 Å². The van der Waals surface area contributed by atoms with Crippen molar-refractivity contribution in [2.24, 2.45) is 0 Å². The second-order valence-corrected chi connectivity index (χ2v) is 4.69. The smallest absolute Gasteiger partial charge is 0.0988 e. The Morgan fingerprint density at radius 2 is 2.18 bits per heavy atom. The standard InChI is InChI=1S/C13H15ClN2O/c1-9-3-4-10(2)12(5-9)13(17)8-16-7-11(14)6-15-16/h3-7,13,17H,8H2,1-2H3. The van der Waals surface area contributed by atoms with Crippen molar-refractivity contribution in [2.45, 2.75) is 26.5 Å². The molecule has 1 atom stereocenters. The lowest BCUT2D eigenvalue weighted by molar-refractivity contribution is 0.151. The average Bonchev–Trinajstić information content (AvgIpc) is 2.67. The summed E-state index contributed by atoms with van der Waals surface area (Å²) in [5.74, 6) is 0. The number of aryl methyl sites for hydroxylation is 2. The third kappa shape index (κ3) is 2.87. The molecule has 0 saturated carbocycles. The molecule has 1 aromatic heterocycles. The van der Waals surface area contributed by atoms with Gasteiger partial charge in [-0.05, 0) is 25.0 Å². The van der Waals surface area contributed by atoms with E-state index in [1.807, 2.05) is 32.0 Å². The van der Waals surface area contributed by atoms with Gasteiger partial charge in [0.1, 0.15) is 0 Å². The van der Waals surface area contributed by atoms with Gasteiger partial charge in [0, 0.05) is 6.20 Å². The van der Waals surface area contributed by atoms with Crippen LogP contribution >= 0.6 is 11.6 Å². The summed E-state index contributed by atoms with van der Waals surface area (Å²) in [4.78, 5) is 0. The van der Waals surface area contributed by atoms with Crippen molar-refractivity contribution >= 4 is 11.6 Å². The zero-order chi connectivity index (χ0) is 12.4. The minimum Gasteiger partial charge on any atom is -0.386 e. The van der Waals surface area contributed by atoms with Crippen LogP contribution in [0.2, 0.25) is 5.02 Å². The van der Waals surface area contributed by atoms with E-state index in [9.17, 15) is 5.11 Å². The Labute approximate surface area is 106 Å². The molecule has 0 saturated heterocycles. The van der Waals surface area contributed by atoms with E-state index in [0.29, 0.717) is 11.6 Å². The molecule has 90 valence electrons. The van der Waals surface area contributed by atoms with Crippen LogP contribution in [0.5, 0.6) is 0 Å². The average molecular weight is 251 g/mol. The molecule has 4 heteroatoms. The summed E-state index contributed by atoms with van der Waals surface area (Å²) < 4.78 is 1.65. The van der Waals surface area contributed by atoms with Crippen LogP contribution in [0.3, 0.4) is 0 Å². The van der Waals surface area contributed by atoms with Crippen LogP contribution in [0.4, 0.5) is 0 Å². The van der Waals surface area contributed by atoms with Gasteiger partial charge in [0.25, 0.3) is 0 Å². The van der Waals surface area contributed by atoms with Gasteiger partial charge in [-0.15, -0.1) is 0 Å². The molecule has 0 bridgehead atoms. The number of benzene rings is 1. The highest BCUT2D eigenvalue weighted by Crippen LogP contribution is 2.21. The number of hydrogen-bond acceptors (Lipinski definition) is 2. The van der Waals surface area contributed by atoms with Gasteiger partial charge in [-0.2, -0.15) is 5.10 Å². The number of hydrogen-bond donors (Lipinski definition) is 1. The van der Waals surface area contributed by atoms with Crippen molar-refractivity contribution in [3.8, 4) is 0 Å². The molecule has 0 radical (unpaired) electrons. The molecule has 0 aliphatic heterocycles. The minimum atomic E-state index is -0.564. The predicted octanol–water partition coefficient (Wildman–Crippen LogP) is 2.89. The number of halogens is 1. The lowest BCUT2D eigenvalue weighted by Crippen LogP contribution is -2.10. The maximum atomic E-state index is 10.2. The van der Waals surface area contributed by atoms with Crippen molar-refractivity contribution in [2.75, 3.05) is 0 Å². The SMILES string of the molecule is Cc1ccc(C)c(C(O)Cn2cc(Cl)cn2)c1. The lowest BCUT2D eigenvalue weighted by Gasteiger charge is -2.14. The topological polar surface area (TPSA) is 38.0 Å². The minimum absolute atomic E-state index is 0.414. The summed E-state index contributed by atoms with van der Waals surface area (Å²) in [7, 11) is 0. The van der Waals surface area contributed by atoms with Crippen molar-refractivity contribution in [3.05, 3.63) is 52.3 Å². The summed E-state index contributed by atoms with van der Waals surface area (Å²) in [5.41, 5.74) is 3.17. The Hall–Kier alpha value is -1.32. The first-order valence-electron chi connectivity index (χ1n) is 5.49. The van der Waals surface area contributed by atoms with Gasteiger partial charge in [0.05, 0.1) is 23.9 Å². The second kappa shape index (κ2) is 4.90. The van der Waals surface area contributed by atoms with Gasteiger partial charge in [0.15, 0.2) is 0 Å². The molecule has 2 aromatic rings. The fourth-order valence-corrected chi connectivity index (χ4v) is 1.99. The van der Waals surface area contributed by atoms with Crippen molar-refractivity contribution in [1.29, 1.82) is 0 Å². The molecule has 0 amide bonds. The molecule has 0 aliphatic carbocycles. The maximum absolute atomic E-state index is 10.2. The number of aliphatic hydroxyl groups excluding tert-OH is 1. The zero-order valence-corrected chi connectivity index (χ0v) is 10.6. The van der Waals surface area contributed by atoms with Crippen molar-refractivity contribution < 1.29 is 5.11 Å². The fraction of sp³-hybridized carbons (Fsp3) is 0.308. The number of aromatic nitrogens is 2. The van der Waals surface area contributed by atoms with E-state index in [1.165, 1.54) is 0 Å². The first-order chi connectivity index (χ1) is 8.06. The summed E-state index contributed by atoms with van der Waals surface area (Å²) in [5, 5.41) is 14.8. The first kappa shape index (κ1) is 12.1. The van der Waals surface area contributed by atoms with E-state index in [0.717, 1.165) is 16.7 Å². The highest BCUT2D eigenvalue weighted by atomic mass is 35.5. The maximum Gasteiger partial charge on any atom is 0.0988 e. The molecule has 1 aromatic carbocycles. The van der Waals surface area contributed by atoms with E-state index in [2.05, 4.69) is 5.10 Å². The van der Waals surface area contributed by atoms with Crippen LogP contribution in [-0.2, 0) is 6.54 Å². The van der Waals surface area contributed by atoms with Gasteiger partial charge in [-0.1, -0.05) is 35.4 Å². The molecule has 1 N–H and O–H groups in total. The monoisotopic (exact) mass is 250 g/mol. The van der Waals surface area contributed by atoms with Gasteiger partial charge in [-0.3, -0.25) is 4.68 Å². The third-order valence-electron chi connectivity index (χ3n) is 2.76. The summed E-state index contributed by atoms with van der Waals surface area (Å²) >= 11 is 5.78. The first-order valence-corrected chi connectivity index (χ1v) is 5.87. The van der Waals surface area contributed by atoms with E-state index >= 15 is 0 Å². The van der Waals surface area contributed by atoms with E-state index in [-0.39, 0.29) is 0 Å². The molecule has 2 rings (SSSR count). The summed E-state index contributed by atoms with van der Waals surface area (Å²) in [6.45, 7) is 4.42. The summed E-state index contributed by atoms with van der Waals surface area (Å²) in [6.07, 6.45) is 2.71. The van der Waals surface area contributed by atoms with Crippen LogP contribution in [-0.4, -0.2) is 14.9 Å². The molecular formula is C13H15ClN2O. The Morgan fingerprint density at radius 1 is 1.41 bits per heavy atom. The van der Waals surface area contributed by atoms with Crippen molar-refractivity contribution in [1.82, 2.24) is 9.78 Å². The molecule has 0 spiro atoms. The third-order valence-corrected chi connectivity index (χ3v) is 2.95. The van der Waals surface area contributed by atoms with Gasteiger partial charge >= 0.3 is 0 Å². The quantitative estimate of drug-likeness (QED) is 0.910. The molecular weight excluding hydrogens is 236 g/mol. The highest BCUT2D eigenvalue weighted by molar-refractivity contribution is 6.30. The zero-order valence-electron chi connectivity index (χ0n) is 9.89. The number of rotatable bonds is 3. The molecule has 1 unspecified atom stereocenters. The Balaban J connectivity index is 2.19. The van der Waals surface area contributed by atoms with Gasteiger partial charge < -0.3 is 5.11 Å². The number of nitrogens with zero attached hydrogens (tertiary/aromatic N) is 2. The van der Waals surface area contributed by atoms with E-state index in [4.69, 9.17) is 11.6 Å². The molecule has 3 nitrogen and oxygen atoms in total. The van der Waals surface area contributed by atoms with Gasteiger partial charge in [-0.25, -0.2) is 0 Å². The normalized spacial score (nSPS) is 12.7. The van der Waals surface area contributed by atoms with Crippen LogP contribution in [0.15, 0.2) is 30.6 Å². The Bertz CT molecular complexity index is 522. The number of aliphatic hydroxyl groups is 1. The second-order valence-electron chi connectivity index (χ2n) is 4.26. The Morgan fingerprint density at radius 3 is 2.82 bits per heavy atom. The van der Waals surface area contributed by atoms with Crippen LogP contribution in [0.1, 0.15) is 22.8 Å². The molecule has 17 heavy (non-hydrogen) atoms. The molecule has 1 heterocycles. The van der Waals surface area contributed by atoms with Crippen LogP contribution in [0.25, 0.3) is 0 Å². The van der Waals surface area contributed by atoms with Crippen LogP contribution in [0, 0.1) is 13.8 Å². The Kier molecular flexibility index (Phi) is 3.50. The largest absolute Gasteiger partial charge is 0.386 e. The van der Waals surface area contributed by atoms with E-state index in [1.54, 1.807) is 17.1 Å². The van der Waals surface area contributed by atoms with Crippen molar-refractivity contribution in [3.63, 3.8) is 0 Å².